The van der Waals surface area contributed by atoms with Gasteiger partial charge in [0.05, 0.1) is 10.5 Å². The monoisotopic (exact) mass is 272 g/mol. The zero-order valence-electron chi connectivity index (χ0n) is 10.9. The molecule has 19 heavy (non-hydrogen) atoms. The van der Waals surface area contributed by atoms with Gasteiger partial charge in [0, 0.05) is 26.7 Å². The third-order valence-corrected chi connectivity index (χ3v) is 2.67. The van der Waals surface area contributed by atoms with E-state index in [4.69, 9.17) is 4.74 Å². The second-order valence-corrected chi connectivity index (χ2v) is 4.49. The van der Waals surface area contributed by atoms with Gasteiger partial charge in [-0.1, -0.05) is 6.07 Å². The molecule has 0 amide bonds. The van der Waals surface area contributed by atoms with Gasteiger partial charge >= 0.3 is 5.69 Å². The number of anilines is 1. The average molecular weight is 272 g/mol. The van der Waals surface area contributed by atoms with Gasteiger partial charge < -0.3 is 15.2 Å². The molecule has 1 rings (SSSR count). The van der Waals surface area contributed by atoms with Gasteiger partial charge in [0.15, 0.2) is 0 Å². The van der Waals surface area contributed by atoms with E-state index in [9.17, 15) is 19.6 Å². The molecule has 0 fully saturated rings. The van der Waals surface area contributed by atoms with Gasteiger partial charge in [-0.3, -0.25) is 10.1 Å². The first-order valence-corrected chi connectivity index (χ1v) is 5.75. The molecule has 0 aliphatic heterocycles. The predicted octanol–water partition coefficient (Wildman–Crippen LogP) is 1.93. The Labute approximate surface area is 110 Å². The summed E-state index contributed by atoms with van der Waals surface area (Å²) in [6.07, 6.45) is 0.361. The molecular weight excluding hydrogens is 255 g/mol. The lowest BCUT2D eigenvalue weighted by atomic mass is 10.0. The summed E-state index contributed by atoms with van der Waals surface area (Å²) in [5.74, 6) is -0.911. The number of nitro benzene ring substituents is 1. The van der Waals surface area contributed by atoms with Gasteiger partial charge in [0.1, 0.15) is 5.69 Å². The molecule has 0 saturated heterocycles. The highest BCUT2D eigenvalue weighted by Crippen LogP contribution is 2.27. The molecule has 0 aliphatic carbocycles. The molecule has 0 saturated carbocycles. The number of halogens is 1. The van der Waals surface area contributed by atoms with Crippen molar-refractivity contribution in [1.29, 1.82) is 0 Å². The van der Waals surface area contributed by atoms with Crippen LogP contribution >= 0.6 is 0 Å². The molecule has 1 unspecified atom stereocenters. The van der Waals surface area contributed by atoms with Crippen molar-refractivity contribution < 1.29 is 19.2 Å². The molecule has 0 aromatic heterocycles. The average Bonchev–Trinajstić information content (AvgIpc) is 2.33. The van der Waals surface area contributed by atoms with Gasteiger partial charge in [0.25, 0.3) is 0 Å². The maximum Gasteiger partial charge on any atom is 0.327 e. The zero-order chi connectivity index (χ0) is 14.5. The summed E-state index contributed by atoms with van der Waals surface area (Å²) in [7, 11) is 1.51. The molecule has 7 heteroatoms. The number of nitrogens with zero attached hydrogens (tertiary/aromatic N) is 1. The summed E-state index contributed by atoms with van der Waals surface area (Å²) >= 11 is 0. The minimum absolute atomic E-state index is 0.0442. The van der Waals surface area contributed by atoms with Crippen molar-refractivity contribution in [2.75, 3.05) is 25.6 Å². The maximum absolute atomic E-state index is 13.4. The van der Waals surface area contributed by atoms with Crippen molar-refractivity contribution >= 4 is 11.4 Å². The lowest BCUT2D eigenvalue weighted by Crippen LogP contribution is -2.34. The SMILES string of the molecule is COCCC(C)(O)CNc1cccc(F)c1[N+](=O)[O-]. The largest absolute Gasteiger partial charge is 0.388 e. The van der Waals surface area contributed by atoms with E-state index in [1.165, 1.54) is 19.2 Å². The highest BCUT2D eigenvalue weighted by Gasteiger charge is 2.24. The van der Waals surface area contributed by atoms with Crippen molar-refractivity contribution in [3.63, 3.8) is 0 Å². The van der Waals surface area contributed by atoms with Crippen molar-refractivity contribution in [2.24, 2.45) is 0 Å². The Balaban J connectivity index is 2.78. The van der Waals surface area contributed by atoms with Crippen LogP contribution in [0.5, 0.6) is 0 Å². The first-order valence-electron chi connectivity index (χ1n) is 5.75. The number of hydrogen-bond donors (Lipinski definition) is 2. The Bertz CT molecular complexity index is 451. The van der Waals surface area contributed by atoms with Gasteiger partial charge in [0.2, 0.25) is 5.82 Å². The van der Waals surface area contributed by atoms with Crippen LogP contribution in [0.15, 0.2) is 18.2 Å². The maximum atomic E-state index is 13.4. The third-order valence-electron chi connectivity index (χ3n) is 2.67. The van der Waals surface area contributed by atoms with Crippen molar-refractivity contribution in [1.82, 2.24) is 0 Å². The molecule has 1 aromatic rings. The topological polar surface area (TPSA) is 84.6 Å². The fraction of sp³-hybridized carbons (Fsp3) is 0.500. The van der Waals surface area contributed by atoms with E-state index in [2.05, 4.69) is 5.32 Å². The van der Waals surface area contributed by atoms with E-state index in [-0.39, 0.29) is 12.2 Å². The van der Waals surface area contributed by atoms with Crippen LogP contribution < -0.4 is 5.32 Å². The van der Waals surface area contributed by atoms with E-state index in [1.54, 1.807) is 6.92 Å². The fourth-order valence-corrected chi connectivity index (χ4v) is 1.54. The van der Waals surface area contributed by atoms with E-state index < -0.39 is 22.0 Å². The van der Waals surface area contributed by atoms with Gasteiger partial charge in [-0.05, 0) is 19.1 Å². The normalized spacial score (nSPS) is 13.9. The molecule has 0 radical (unpaired) electrons. The highest BCUT2D eigenvalue weighted by atomic mass is 19.1. The summed E-state index contributed by atoms with van der Waals surface area (Å²) in [6, 6.07) is 3.79. The first kappa shape index (κ1) is 15.3. The van der Waals surface area contributed by atoms with Gasteiger partial charge in [-0.25, -0.2) is 0 Å². The Morgan fingerprint density at radius 1 is 1.58 bits per heavy atom. The molecule has 0 aliphatic rings. The molecule has 0 bridgehead atoms. The summed E-state index contributed by atoms with van der Waals surface area (Å²) in [5, 5.41) is 23.5. The Morgan fingerprint density at radius 3 is 2.84 bits per heavy atom. The van der Waals surface area contributed by atoms with Crippen LogP contribution in [0, 0.1) is 15.9 Å². The van der Waals surface area contributed by atoms with Crippen LogP contribution in [-0.2, 0) is 4.74 Å². The Hall–Kier alpha value is -1.73. The van der Waals surface area contributed by atoms with Gasteiger partial charge in [-0.2, -0.15) is 4.39 Å². The Kier molecular flexibility index (Phi) is 5.20. The number of aliphatic hydroxyl groups is 1. The summed E-state index contributed by atoms with van der Waals surface area (Å²) in [5.41, 5.74) is -1.68. The van der Waals surface area contributed by atoms with Crippen LogP contribution in [-0.4, -0.2) is 35.9 Å². The van der Waals surface area contributed by atoms with Crippen LogP contribution in [0.25, 0.3) is 0 Å². The Morgan fingerprint density at radius 2 is 2.26 bits per heavy atom. The van der Waals surface area contributed by atoms with E-state index in [1.807, 2.05) is 0 Å². The van der Waals surface area contributed by atoms with Crippen LogP contribution in [0.2, 0.25) is 0 Å². The summed E-state index contributed by atoms with van der Waals surface area (Å²) in [4.78, 5) is 9.99. The highest BCUT2D eigenvalue weighted by molar-refractivity contribution is 5.62. The van der Waals surface area contributed by atoms with Crippen LogP contribution in [0.3, 0.4) is 0 Å². The number of benzene rings is 1. The van der Waals surface area contributed by atoms with Gasteiger partial charge in [-0.15, -0.1) is 0 Å². The quantitative estimate of drug-likeness (QED) is 0.585. The number of nitrogens with one attached hydrogen (secondary N) is 1. The number of nitro groups is 1. The lowest BCUT2D eigenvalue weighted by Gasteiger charge is -2.23. The van der Waals surface area contributed by atoms with E-state index in [0.29, 0.717) is 13.0 Å². The molecule has 0 heterocycles. The first-order chi connectivity index (χ1) is 8.87. The second-order valence-electron chi connectivity index (χ2n) is 4.49. The minimum Gasteiger partial charge on any atom is -0.388 e. The lowest BCUT2D eigenvalue weighted by molar-refractivity contribution is -0.386. The molecule has 1 atom stereocenters. The summed E-state index contributed by atoms with van der Waals surface area (Å²) in [6.45, 7) is 1.99. The molecule has 0 spiro atoms. The molecule has 1 aromatic carbocycles. The van der Waals surface area contributed by atoms with Crippen molar-refractivity contribution in [3.8, 4) is 0 Å². The summed E-state index contributed by atoms with van der Waals surface area (Å²) < 4.78 is 18.2. The number of rotatable bonds is 7. The number of ether oxygens (including phenoxy) is 1. The third kappa shape index (κ3) is 4.46. The molecule has 106 valence electrons. The van der Waals surface area contributed by atoms with E-state index >= 15 is 0 Å². The molecular formula is C12H17FN2O4. The fourth-order valence-electron chi connectivity index (χ4n) is 1.54. The standard InChI is InChI=1S/C12H17FN2O4/c1-12(16,6-7-19-2)8-14-10-5-3-4-9(13)11(10)15(17)18/h3-5,14,16H,6-8H2,1-2H3. The zero-order valence-corrected chi connectivity index (χ0v) is 10.9. The number of methoxy groups -OCH3 is 1. The molecule has 2 N–H and O–H groups in total. The smallest absolute Gasteiger partial charge is 0.327 e. The van der Waals surface area contributed by atoms with Crippen LogP contribution in [0.4, 0.5) is 15.8 Å². The second kappa shape index (κ2) is 6.44. The predicted molar refractivity (Wildman–Crippen MR) is 68.7 cm³/mol. The van der Waals surface area contributed by atoms with E-state index in [0.717, 1.165) is 6.07 Å². The number of hydrogen-bond acceptors (Lipinski definition) is 5. The van der Waals surface area contributed by atoms with Crippen molar-refractivity contribution in [2.45, 2.75) is 18.9 Å². The minimum atomic E-state index is -1.10. The number of para-hydroxylation sites is 1. The molecule has 6 nitrogen and oxygen atoms in total. The van der Waals surface area contributed by atoms with Crippen LogP contribution in [0.1, 0.15) is 13.3 Å². The van der Waals surface area contributed by atoms with Crippen molar-refractivity contribution in [3.05, 3.63) is 34.1 Å².